The number of nitrogens with one attached hydrogen (secondary N) is 1. The minimum Gasteiger partial charge on any atom is -0.378 e. The summed E-state index contributed by atoms with van der Waals surface area (Å²) >= 11 is 0. The van der Waals surface area contributed by atoms with Gasteiger partial charge in [-0.2, -0.15) is 0 Å². The van der Waals surface area contributed by atoms with Gasteiger partial charge in [-0.25, -0.2) is 0 Å². The zero-order valence-electron chi connectivity index (χ0n) is 15.2. The highest BCUT2D eigenvalue weighted by Gasteiger charge is 2.16. The van der Waals surface area contributed by atoms with Crippen LogP contribution in [0.15, 0.2) is 48.5 Å². The van der Waals surface area contributed by atoms with Crippen molar-refractivity contribution in [2.45, 2.75) is 13.0 Å². The van der Waals surface area contributed by atoms with Crippen LogP contribution >= 0.6 is 0 Å². The van der Waals surface area contributed by atoms with Crippen molar-refractivity contribution in [2.24, 2.45) is 0 Å². The molecule has 128 valence electrons. The first-order chi connectivity index (χ1) is 11.4. The maximum atomic E-state index is 12.4. The average Bonchev–Trinajstić information content (AvgIpc) is 2.55. The Balaban J connectivity index is 2.07. The van der Waals surface area contributed by atoms with Gasteiger partial charge in [0.1, 0.15) is 0 Å². The van der Waals surface area contributed by atoms with E-state index in [1.54, 1.807) is 0 Å². The van der Waals surface area contributed by atoms with Gasteiger partial charge in [-0.3, -0.25) is 4.79 Å². The predicted molar refractivity (Wildman–Crippen MR) is 101 cm³/mol. The molecule has 0 heterocycles. The molecule has 0 bridgehead atoms. The van der Waals surface area contributed by atoms with Crippen LogP contribution in [0.3, 0.4) is 0 Å². The van der Waals surface area contributed by atoms with Crippen LogP contribution in [-0.4, -0.2) is 45.5 Å². The molecule has 0 aliphatic carbocycles. The highest BCUT2D eigenvalue weighted by Crippen LogP contribution is 2.21. The Bertz CT molecular complexity index is 678. The summed E-state index contributed by atoms with van der Waals surface area (Å²) in [5, 5.41) is 3.05. The van der Waals surface area contributed by atoms with E-state index in [0.717, 1.165) is 5.56 Å². The number of nitrogens with zero attached hydrogens (tertiary/aromatic N) is 2. The topological polar surface area (TPSA) is 35.6 Å². The van der Waals surface area contributed by atoms with Crippen molar-refractivity contribution in [3.05, 3.63) is 65.2 Å². The van der Waals surface area contributed by atoms with Crippen molar-refractivity contribution in [1.29, 1.82) is 0 Å². The highest BCUT2D eigenvalue weighted by molar-refractivity contribution is 5.94. The third-order valence-corrected chi connectivity index (χ3v) is 4.15. The van der Waals surface area contributed by atoms with Gasteiger partial charge in [-0.15, -0.1) is 0 Å². The molecular formula is C20H27N3O. The van der Waals surface area contributed by atoms with Crippen LogP contribution in [-0.2, 0) is 0 Å². The first-order valence-corrected chi connectivity index (χ1v) is 8.17. The van der Waals surface area contributed by atoms with Crippen molar-refractivity contribution in [3.63, 3.8) is 0 Å². The summed E-state index contributed by atoms with van der Waals surface area (Å²) in [6.45, 7) is 2.56. The van der Waals surface area contributed by atoms with Crippen molar-refractivity contribution < 1.29 is 4.79 Å². The van der Waals surface area contributed by atoms with E-state index in [0.29, 0.717) is 12.1 Å². The lowest BCUT2D eigenvalue weighted by molar-refractivity contribution is 0.0942. The fourth-order valence-corrected chi connectivity index (χ4v) is 2.67. The maximum absolute atomic E-state index is 12.4. The smallest absolute Gasteiger partial charge is 0.251 e. The van der Waals surface area contributed by atoms with Gasteiger partial charge < -0.3 is 15.1 Å². The standard InChI is InChI=1S/C20H27N3O/c1-15-7-6-8-17(13-15)20(24)21-14-19(23(4)5)16-9-11-18(12-10-16)22(2)3/h6-13,19H,14H2,1-5H3,(H,21,24)/t19-/m1/s1. The van der Waals surface area contributed by atoms with E-state index in [1.807, 2.05) is 59.4 Å². The molecule has 2 aromatic rings. The van der Waals surface area contributed by atoms with Crippen LogP contribution < -0.4 is 10.2 Å². The lowest BCUT2D eigenvalue weighted by Gasteiger charge is -2.26. The lowest BCUT2D eigenvalue weighted by atomic mass is 10.0. The number of amides is 1. The molecule has 0 radical (unpaired) electrons. The zero-order chi connectivity index (χ0) is 17.7. The minimum atomic E-state index is -0.0320. The first-order valence-electron chi connectivity index (χ1n) is 8.17. The summed E-state index contributed by atoms with van der Waals surface area (Å²) in [5.41, 5.74) is 4.15. The normalized spacial score (nSPS) is 12.1. The van der Waals surface area contributed by atoms with E-state index < -0.39 is 0 Å². The molecule has 2 aromatic carbocycles. The van der Waals surface area contributed by atoms with E-state index >= 15 is 0 Å². The average molecular weight is 325 g/mol. The molecule has 24 heavy (non-hydrogen) atoms. The van der Waals surface area contributed by atoms with Crippen LogP contribution in [0.2, 0.25) is 0 Å². The summed E-state index contributed by atoms with van der Waals surface area (Å²) in [5.74, 6) is -0.0320. The Labute approximate surface area is 145 Å². The summed E-state index contributed by atoms with van der Waals surface area (Å²) in [7, 11) is 8.12. The summed E-state index contributed by atoms with van der Waals surface area (Å²) in [6.07, 6.45) is 0. The number of benzene rings is 2. The van der Waals surface area contributed by atoms with E-state index in [1.165, 1.54) is 11.3 Å². The molecule has 0 spiro atoms. The van der Waals surface area contributed by atoms with E-state index in [4.69, 9.17) is 0 Å². The van der Waals surface area contributed by atoms with E-state index in [-0.39, 0.29) is 11.9 Å². The molecule has 2 rings (SSSR count). The number of carbonyl (C=O) groups excluding carboxylic acids is 1. The Hall–Kier alpha value is -2.33. The third kappa shape index (κ3) is 4.59. The van der Waals surface area contributed by atoms with Gasteiger partial charge in [0, 0.05) is 31.9 Å². The molecule has 1 N–H and O–H groups in total. The van der Waals surface area contributed by atoms with Crippen LogP contribution in [0.1, 0.15) is 27.5 Å². The minimum absolute atomic E-state index is 0.0320. The molecule has 1 amide bonds. The molecule has 0 aliphatic rings. The van der Waals surface area contributed by atoms with Gasteiger partial charge in [0.15, 0.2) is 0 Å². The molecule has 0 saturated carbocycles. The fourth-order valence-electron chi connectivity index (χ4n) is 2.67. The molecule has 0 unspecified atom stereocenters. The van der Waals surface area contributed by atoms with Crippen molar-refractivity contribution in [1.82, 2.24) is 10.2 Å². The Morgan fingerprint density at radius 3 is 2.25 bits per heavy atom. The van der Waals surface area contributed by atoms with Crippen molar-refractivity contribution in [2.75, 3.05) is 39.6 Å². The number of hydrogen-bond donors (Lipinski definition) is 1. The number of rotatable bonds is 6. The molecular weight excluding hydrogens is 298 g/mol. The molecule has 0 saturated heterocycles. The Morgan fingerprint density at radius 1 is 1.04 bits per heavy atom. The van der Waals surface area contributed by atoms with Gasteiger partial charge in [0.2, 0.25) is 0 Å². The third-order valence-electron chi connectivity index (χ3n) is 4.15. The van der Waals surface area contributed by atoms with Gasteiger partial charge in [-0.05, 0) is 50.8 Å². The van der Waals surface area contributed by atoms with E-state index in [9.17, 15) is 4.79 Å². The second-order valence-corrected chi connectivity index (χ2v) is 6.54. The van der Waals surface area contributed by atoms with Crippen LogP contribution in [0.25, 0.3) is 0 Å². The molecule has 0 aromatic heterocycles. The molecule has 1 atom stereocenters. The van der Waals surface area contributed by atoms with Gasteiger partial charge in [0.05, 0.1) is 6.04 Å². The first kappa shape index (κ1) is 18.0. The Morgan fingerprint density at radius 2 is 1.71 bits per heavy atom. The quantitative estimate of drug-likeness (QED) is 0.886. The largest absolute Gasteiger partial charge is 0.378 e. The maximum Gasteiger partial charge on any atom is 0.251 e. The summed E-state index contributed by atoms with van der Waals surface area (Å²) < 4.78 is 0. The molecule has 0 fully saturated rings. The second-order valence-electron chi connectivity index (χ2n) is 6.54. The molecule has 4 heteroatoms. The second kappa shape index (κ2) is 7.97. The van der Waals surface area contributed by atoms with Gasteiger partial charge >= 0.3 is 0 Å². The van der Waals surface area contributed by atoms with Crippen LogP contribution in [0.5, 0.6) is 0 Å². The summed E-state index contributed by atoms with van der Waals surface area (Å²) in [6, 6.07) is 16.2. The highest BCUT2D eigenvalue weighted by atomic mass is 16.1. The Kier molecular flexibility index (Phi) is 5.99. The van der Waals surface area contributed by atoms with Crippen molar-refractivity contribution >= 4 is 11.6 Å². The number of anilines is 1. The van der Waals surface area contributed by atoms with Gasteiger partial charge in [0.25, 0.3) is 5.91 Å². The zero-order valence-corrected chi connectivity index (χ0v) is 15.2. The number of carbonyl (C=O) groups is 1. The van der Waals surface area contributed by atoms with Crippen LogP contribution in [0.4, 0.5) is 5.69 Å². The number of hydrogen-bond acceptors (Lipinski definition) is 3. The predicted octanol–water partition coefficient (Wildman–Crippen LogP) is 3.09. The van der Waals surface area contributed by atoms with Gasteiger partial charge in [-0.1, -0.05) is 29.8 Å². The monoisotopic (exact) mass is 325 g/mol. The number of likely N-dealkylation sites (N-methyl/N-ethyl adjacent to an activating group) is 1. The van der Waals surface area contributed by atoms with Crippen LogP contribution in [0, 0.1) is 6.92 Å². The fraction of sp³-hybridized carbons (Fsp3) is 0.350. The lowest BCUT2D eigenvalue weighted by Crippen LogP contribution is -2.34. The van der Waals surface area contributed by atoms with Crippen molar-refractivity contribution in [3.8, 4) is 0 Å². The molecule has 0 aliphatic heterocycles. The molecule has 4 nitrogen and oxygen atoms in total. The summed E-state index contributed by atoms with van der Waals surface area (Å²) in [4.78, 5) is 16.6. The SMILES string of the molecule is Cc1cccc(C(=O)NC[C@H](c2ccc(N(C)C)cc2)N(C)C)c1. The van der Waals surface area contributed by atoms with E-state index in [2.05, 4.69) is 39.4 Å². The number of aryl methyl sites for hydroxylation is 1.